The van der Waals surface area contributed by atoms with Crippen LogP contribution in [0.3, 0.4) is 0 Å². The zero-order chi connectivity index (χ0) is 10.6. The summed E-state index contributed by atoms with van der Waals surface area (Å²) in [5.74, 6) is -2.50. The highest BCUT2D eigenvalue weighted by molar-refractivity contribution is 4.84. The van der Waals surface area contributed by atoms with Gasteiger partial charge in [-0.15, -0.1) is 0 Å². The van der Waals surface area contributed by atoms with Crippen molar-refractivity contribution in [2.24, 2.45) is 0 Å². The Bertz CT molecular complexity index is 161. The molecule has 3 heteroatoms. The number of halogens is 2. The highest BCUT2D eigenvalue weighted by atomic mass is 19.3. The minimum Gasteiger partial charge on any atom is -0.300 e. The van der Waals surface area contributed by atoms with Crippen LogP contribution in [-0.2, 0) is 0 Å². The van der Waals surface area contributed by atoms with Gasteiger partial charge in [0.1, 0.15) is 0 Å². The summed E-state index contributed by atoms with van der Waals surface area (Å²) in [4.78, 5) is 2.24. The van der Waals surface area contributed by atoms with Crippen LogP contribution in [0, 0.1) is 0 Å². The van der Waals surface area contributed by atoms with Crippen LogP contribution >= 0.6 is 0 Å². The van der Waals surface area contributed by atoms with Gasteiger partial charge in [0.05, 0.1) is 0 Å². The van der Waals surface area contributed by atoms with E-state index in [4.69, 9.17) is 0 Å². The summed E-state index contributed by atoms with van der Waals surface area (Å²) < 4.78 is 25.3. The molecule has 84 valence electrons. The Hall–Kier alpha value is -0.180. The standard InChI is InChI=1S/C11H21F2N/c1-3-4-8-14(10-5-6-10)9-7-11(2,12)13/h10H,3-9H2,1-2H3. The van der Waals surface area contributed by atoms with Crippen molar-refractivity contribution in [1.82, 2.24) is 4.90 Å². The van der Waals surface area contributed by atoms with Crippen LogP contribution in [0.25, 0.3) is 0 Å². The monoisotopic (exact) mass is 205 g/mol. The molecule has 0 bridgehead atoms. The Morgan fingerprint density at radius 3 is 2.36 bits per heavy atom. The largest absolute Gasteiger partial charge is 0.300 e. The van der Waals surface area contributed by atoms with Crippen molar-refractivity contribution in [3.63, 3.8) is 0 Å². The minimum atomic E-state index is -2.50. The molecule has 0 aromatic rings. The molecule has 1 fully saturated rings. The van der Waals surface area contributed by atoms with Crippen molar-refractivity contribution in [2.45, 2.75) is 57.9 Å². The first-order valence-electron chi connectivity index (χ1n) is 5.65. The number of hydrogen-bond acceptors (Lipinski definition) is 1. The van der Waals surface area contributed by atoms with Gasteiger partial charge in [0, 0.05) is 19.0 Å². The number of alkyl halides is 2. The van der Waals surface area contributed by atoms with Crippen LogP contribution in [0.2, 0.25) is 0 Å². The molecular weight excluding hydrogens is 184 g/mol. The number of rotatable bonds is 7. The first-order chi connectivity index (χ1) is 6.53. The highest BCUT2D eigenvalue weighted by Gasteiger charge is 2.30. The van der Waals surface area contributed by atoms with Crippen molar-refractivity contribution < 1.29 is 8.78 Å². The maximum Gasteiger partial charge on any atom is 0.246 e. The minimum absolute atomic E-state index is 0.00716. The third kappa shape index (κ3) is 4.89. The molecule has 14 heavy (non-hydrogen) atoms. The summed E-state index contributed by atoms with van der Waals surface area (Å²) in [5.41, 5.74) is 0. The summed E-state index contributed by atoms with van der Waals surface area (Å²) in [6.07, 6.45) is 4.70. The van der Waals surface area contributed by atoms with E-state index in [1.54, 1.807) is 0 Å². The van der Waals surface area contributed by atoms with E-state index in [2.05, 4.69) is 11.8 Å². The average Bonchev–Trinajstić information content (AvgIpc) is 2.86. The van der Waals surface area contributed by atoms with E-state index in [0.717, 1.165) is 26.3 Å². The van der Waals surface area contributed by atoms with Gasteiger partial charge < -0.3 is 4.90 Å². The maximum absolute atomic E-state index is 12.7. The Morgan fingerprint density at radius 2 is 1.93 bits per heavy atom. The predicted molar refractivity (Wildman–Crippen MR) is 54.7 cm³/mol. The summed E-state index contributed by atoms with van der Waals surface area (Å²) in [7, 11) is 0. The summed E-state index contributed by atoms with van der Waals surface area (Å²) in [6, 6.07) is 0.615. The maximum atomic E-state index is 12.7. The lowest BCUT2D eigenvalue weighted by molar-refractivity contribution is 0.00236. The van der Waals surface area contributed by atoms with Gasteiger partial charge in [-0.3, -0.25) is 0 Å². The third-order valence-electron chi connectivity index (χ3n) is 2.70. The molecule has 0 unspecified atom stereocenters. The van der Waals surface area contributed by atoms with Gasteiger partial charge in [0.25, 0.3) is 0 Å². The number of nitrogens with zero attached hydrogens (tertiary/aromatic N) is 1. The van der Waals surface area contributed by atoms with Crippen LogP contribution in [0.5, 0.6) is 0 Å². The molecular formula is C11H21F2N. The Balaban J connectivity index is 2.21. The van der Waals surface area contributed by atoms with Gasteiger partial charge in [-0.05, 0) is 32.7 Å². The highest BCUT2D eigenvalue weighted by Crippen LogP contribution is 2.28. The van der Waals surface area contributed by atoms with E-state index in [1.807, 2.05) is 0 Å². The molecule has 0 amide bonds. The Morgan fingerprint density at radius 1 is 1.29 bits per heavy atom. The predicted octanol–water partition coefficient (Wildman–Crippen LogP) is 3.30. The summed E-state index contributed by atoms with van der Waals surface area (Å²) in [6.45, 7) is 4.71. The molecule has 0 N–H and O–H groups in total. The Labute approximate surface area is 85.5 Å². The van der Waals surface area contributed by atoms with Crippen molar-refractivity contribution in [3.8, 4) is 0 Å². The van der Waals surface area contributed by atoms with Crippen molar-refractivity contribution in [3.05, 3.63) is 0 Å². The lowest BCUT2D eigenvalue weighted by atomic mass is 10.2. The van der Waals surface area contributed by atoms with E-state index in [1.165, 1.54) is 12.8 Å². The number of hydrogen-bond donors (Lipinski definition) is 0. The average molecular weight is 205 g/mol. The van der Waals surface area contributed by atoms with Crippen LogP contribution in [0.15, 0.2) is 0 Å². The van der Waals surface area contributed by atoms with Crippen molar-refractivity contribution in [2.75, 3.05) is 13.1 Å². The fourth-order valence-corrected chi connectivity index (χ4v) is 1.62. The lowest BCUT2D eigenvalue weighted by Gasteiger charge is -2.23. The van der Waals surface area contributed by atoms with Gasteiger partial charge in [-0.1, -0.05) is 13.3 Å². The molecule has 1 rings (SSSR count). The molecule has 1 saturated carbocycles. The first-order valence-corrected chi connectivity index (χ1v) is 5.65. The second-order valence-electron chi connectivity index (χ2n) is 4.44. The van der Waals surface area contributed by atoms with Crippen LogP contribution in [0.1, 0.15) is 46.0 Å². The second kappa shape index (κ2) is 5.06. The summed E-state index contributed by atoms with van der Waals surface area (Å²) >= 11 is 0. The molecule has 1 aliphatic rings. The van der Waals surface area contributed by atoms with E-state index < -0.39 is 5.92 Å². The van der Waals surface area contributed by atoms with Gasteiger partial charge in [0.15, 0.2) is 0 Å². The zero-order valence-electron chi connectivity index (χ0n) is 9.23. The molecule has 1 aliphatic carbocycles. The molecule has 0 radical (unpaired) electrons. The van der Waals surface area contributed by atoms with E-state index in [9.17, 15) is 8.78 Å². The quantitative estimate of drug-likeness (QED) is 0.616. The van der Waals surface area contributed by atoms with Gasteiger partial charge >= 0.3 is 0 Å². The lowest BCUT2D eigenvalue weighted by Crippen LogP contribution is -2.31. The van der Waals surface area contributed by atoms with Gasteiger partial charge in [-0.2, -0.15) is 0 Å². The molecule has 0 atom stereocenters. The van der Waals surface area contributed by atoms with E-state index in [-0.39, 0.29) is 6.42 Å². The van der Waals surface area contributed by atoms with Crippen LogP contribution in [0.4, 0.5) is 8.78 Å². The number of unbranched alkanes of at least 4 members (excludes halogenated alkanes) is 1. The molecule has 0 aromatic heterocycles. The van der Waals surface area contributed by atoms with E-state index in [0.29, 0.717) is 12.6 Å². The fourth-order valence-electron chi connectivity index (χ4n) is 1.62. The zero-order valence-corrected chi connectivity index (χ0v) is 9.23. The third-order valence-corrected chi connectivity index (χ3v) is 2.70. The first kappa shape index (κ1) is 11.9. The van der Waals surface area contributed by atoms with Crippen LogP contribution in [-0.4, -0.2) is 30.0 Å². The molecule has 0 aliphatic heterocycles. The smallest absolute Gasteiger partial charge is 0.246 e. The molecule has 0 saturated heterocycles. The fraction of sp³-hybridized carbons (Fsp3) is 1.00. The normalized spacial score (nSPS) is 17.8. The van der Waals surface area contributed by atoms with E-state index >= 15 is 0 Å². The van der Waals surface area contributed by atoms with Crippen LogP contribution < -0.4 is 0 Å². The topological polar surface area (TPSA) is 3.24 Å². The molecule has 1 nitrogen and oxygen atoms in total. The SMILES string of the molecule is CCCCN(CCC(C)(F)F)C1CC1. The molecule has 0 spiro atoms. The molecule has 0 heterocycles. The Kier molecular flexibility index (Phi) is 4.30. The van der Waals surface area contributed by atoms with Gasteiger partial charge in [-0.25, -0.2) is 8.78 Å². The second-order valence-corrected chi connectivity index (χ2v) is 4.44. The molecule has 0 aromatic carbocycles. The van der Waals surface area contributed by atoms with Crippen molar-refractivity contribution in [1.29, 1.82) is 0 Å². The van der Waals surface area contributed by atoms with Crippen molar-refractivity contribution >= 4 is 0 Å². The van der Waals surface area contributed by atoms with Gasteiger partial charge in [0.2, 0.25) is 5.92 Å². The summed E-state index contributed by atoms with van der Waals surface area (Å²) in [5, 5.41) is 0.